The highest BCUT2D eigenvalue weighted by Crippen LogP contribution is 2.50. The minimum atomic E-state index is 1.09. The SMILES string of the molecule is c1ccc(-c2ccc(N(c3ccccc3)c3cc4sc5c6ccccc6ccc5c4cc3N(c3ccccc3)c3ccc(-c4ccccc4)cc3)cc2)cc1. The summed E-state index contributed by atoms with van der Waals surface area (Å²) in [6.07, 6.45) is 0. The molecule has 0 saturated carbocycles. The van der Waals surface area contributed by atoms with Gasteiger partial charge < -0.3 is 9.80 Å². The van der Waals surface area contributed by atoms with Crippen LogP contribution in [0.1, 0.15) is 0 Å². The Morgan fingerprint density at radius 2 is 0.709 bits per heavy atom. The van der Waals surface area contributed by atoms with Gasteiger partial charge in [0.15, 0.2) is 0 Å². The molecule has 0 aliphatic carbocycles. The van der Waals surface area contributed by atoms with Crippen LogP contribution in [-0.4, -0.2) is 0 Å². The molecule has 0 atom stereocenters. The van der Waals surface area contributed by atoms with E-state index >= 15 is 0 Å². The molecule has 0 aliphatic rings. The van der Waals surface area contributed by atoms with Crippen molar-refractivity contribution in [2.24, 2.45) is 0 Å². The van der Waals surface area contributed by atoms with Crippen molar-refractivity contribution < 1.29 is 0 Å². The summed E-state index contributed by atoms with van der Waals surface area (Å²) in [4.78, 5) is 4.84. The van der Waals surface area contributed by atoms with E-state index in [-0.39, 0.29) is 0 Å². The number of benzene rings is 9. The van der Waals surface area contributed by atoms with Crippen LogP contribution in [0.3, 0.4) is 0 Å². The molecule has 0 unspecified atom stereocenters. The summed E-state index contributed by atoms with van der Waals surface area (Å²) in [5, 5.41) is 5.07. The van der Waals surface area contributed by atoms with Gasteiger partial charge in [-0.25, -0.2) is 0 Å². The van der Waals surface area contributed by atoms with Gasteiger partial charge in [0.1, 0.15) is 0 Å². The van der Waals surface area contributed by atoms with Gasteiger partial charge in [0, 0.05) is 42.9 Å². The van der Waals surface area contributed by atoms with Gasteiger partial charge in [-0.15, -0.1) is 11.3 Å². The average molecular weight is 721 g/mol. The molecular formula is C52H36N2S. The molecule has 10 aromatic rings. The van der Waals surface area contributed by atoms with Crippen LogP contribution in [0.25, 0.3) is 53.2 Å². The van der Waals surface area contributed by atoms with Crippen LogP contribution in [0.4, 0.5) is 34.1 Å². The van der Waals surface area contributed by atoms with E-state index in [0.29, 0.717) is 0 Å². The van der Waals surface area contributed by atoms with E-state index in [1.165, 1.54) is 53.2 Å². The third kappa shape index (κ3) is 6.11. The second-order valence-corrected chi connectivity index (χ2v) is 14.8. The fourth-order valence-corrected chi connectivity index (χ4v) is 9.01. The van der Waals surface area contributed by atoms with Crippen LogP contribution >= 0.6 is 11.3 Å². The van der Waals surface area contributed by atoms with Crippen LogP contribution in [0.2, 0.25) is 0 Å². The lowest BCUT2D eigenvalue weighted by molar-refractivity contribution is 1.23. The fraction of sp³-hybridized carbons (Fsp3) is 0. The Bertz CT molecular complexity index is 2890. The van der Waals surface area contributed by atoms with Crippen molar-refractivity contribution in [3.63, 3.8) is 0 Å². The first-order valence-electron chi connectivity index (χ1n) is 18.7. The average Bonchev–Trinajstić information content (AvgIpc) is 3.64. The maximum Gasteiger partial charge on any atom is 0.0716 e. The number of nitrogens with zero attached hydrogens (tertiary/aromatic N) is 2. The zero-order valence-electron chi connectivity index (χ0n) is 30.1. The van der Waals surface area contributed by atoms with E-state index in [9.17, 15) is 0 Å². The Kier molecular flexibility index (Phi) is 8.40. The smallest absolute Gasteiger partial charge is 0.0716 e. The summed E-state index contributed by atoms with van der Waals surface area (Å²) in [6.45, 7) is 0. The zero-order chi connectivity index (χ0) is 36.6. The Hall–Kier alpha value is -6.94. The number of thiophene rings is 1. The maximum atomic E-state index is 2.42. The van der Waals surface area contributed by atoms with Crippen molar-refractivity contribution in [2.45, 2.75) is 0 Å². The topological polar surface area (TPSA) is 6.48 Å². The predicted molar refractivity (Wildman–Crippen MR) is 237 cm³/mol. The van der Waals surface area contributed by atoms with Crippen molar-refractivity contribution in [1.82, 2.24) is 0 Å². The molecule has 1 heterocycles. The van der Waals surface area contributed by atoms with Gasteiger partial charge in [0.2, 0.25) is 0 Å². The first-order valence-corrected chi connectivity index (χ1v) is 19.5. The van der Waals surface area contributed by atoms with Crippen molar-refractivity contribution >= 4 is 76.4 Å². The van der Waals surface area contributed by atoms with Gasteiger partial charge in [-0.1, -0.05) is 158 Å². The zero-order valence-corrected chi connectivity index (χ0v) is 30.9. The Morgan fingerprint density at radius 3 is 1.24 bits per heavy atom. The lowest BCUT2D eigenvalue weighted by atomic mass is 10.0. The summed E-state index contributed by atoms with van der Waals surface area (Å²) < 4.78 is 2.56. The second-order valence-electron chi connectivity index (χ2n) is 13.8. The molecule has 55 heavy (non-hydrogen) atoms. The maximum absolute atomic E-state index is 2.42. The lowest BCUT2D eigenvalue weighted by Gasteiger charge is -2.33. The highest BCUT2D eigenvalue weighted by Gasteiger charge is 2.25. The van der Waals surface area contributed by atoms with E-state index in [2.05, 4.69) is 228 Å². The normalized spacial score (nSPS) is 11.3. The summed E-state index contributed by atoms with van der Waals surface area (Å²) >= 11 is 1.88. The minimum Gasteiger partial charge on any atom is -0.308 e. The van der Waals surface area contributed by atoms with Gasteiger partial charge >= 0.3 is 0 Å². The molecule has 3 heteroatoms. The molecule has 0 saturated heterocycles. The predicted octanol–water partition coefficient (Wildman–Crippen LogP) is 15.5. The monoisotopic (exact) mass is 720 g/mol. The standard InChI is InChI=1S/C52H36N2S/c1-5-15-37(16-6-1)39-25-30-44(31-26-39)53(42-20-9-3-10-21-42)49-35-48-47-34-29-41-19-13-14-24-46(41)52(47)55-51(48)36-50(49)54(43-22-11-4-12-23-43)45-32-27-40(28-33-45)38-17-7-2-8-18-38/h1-36H. The van der Waals surface area contributed by atoms with Gasteiger partial charge in [0.05, 0.1) is 11.4 Å². The molecule has 0 fully saturated rings. The first-order chi connectivity index (χ1) is 27.3. The molecule has 0 radical (unpaired) electrons. The third-order valence-electron chi connectivity index (χ3n) is 10.4. The van der Waals surface area contributed by atoms with Gasteiger partial charge in [-0.2, -0.15) is 0 Å². The number of rotatable bonds is 8. The molecule has 1 aromatic heterocycles. The Labute approximate surface area is 325 Å². The summed E-state index contributed by atoms with van der Waals surface area (Å²) in [5.74, 6) is 0. The van der Waals surface area contributed by atoms with E-state index in [1.54, 1.807) is 0 Å². The molecule has 0 bridgehead atoms. The van der Waals surface area contributed by atoms with Gasteiger partial charge in [0.25, 0.3) is 0 Å². The molecule has 0 spiro atoms. The summed E-state index contributed by atoms with van der Waals surface area (Å²) in [6, 6.07) is 78.8. The number of fused-ring (bicyclic) bond motifs is 5. The van der Waals surface area contributed by atoms with Crippen molar-refractivity contribution in [3.8, 4) is 22.3 Å². The number of para-hydroxylation sites is 2. The number of anilines is 6. The van der Waals surface area contributed by atoms with E-state index < -0.39 is 0 Å². The quantitative estimate of drug-likeness (QED) is 0.154. The van der Waals surface area contributed by atoms with Crippen LogP contribution < -0.4 is 9.80 Å². The molecule has 0 amide bonds. The van der Waals surface area contributed by atoms with Crippen LogP contribution in [0.5, 0.6) is 0 Å². The molecular weight excluding hydrogens is 685 g/mol. The van der Waals surface area contributed by atoms with Crippen molar-refractivity contribution in [3.05, 3.63) is 218 Å². The minimum absolute atomic E-state index is 1.09. The highest BCUT2D eigenvalue weighted by atomic mass is 32.1. The van der Waals surface area contributed by atoms with Crippen molar-refractivity contribution in [2.75, 3.05) is 9.80 Å². The molecule has 0 N–H and O–H groups in total. The molecule has 2 nitrogen and oxygen atoms in total. The van der Waals surface area contributed by atoms with Gasteiger partial charge in [-0.05, 0) is 93.7 Å². The largest absolute Gasteiger partial charge is 0.308 e. The van der Waals surface area contributed by atoms with Gasteiger partial charge in [-0.3, -0.25) is 0 Å². The van der Waals surface area contributed by atoms with Crippen LogP contribution in [0, 0.1) is 0 Å². The molecule has 0 aliphatic heterocycles. The van der Waals surface area contributed by atoms with Crippen LogP contribution in [-0.2, 0) is 0 Å². The number of hydrogen-bond acceptors (Lipinski definition) is 3. The van der Waals surface area contributed by atoms with Crippen LogP contribution in [0.15, 0.2) is 218 Å². The first kappa shape index (κ1) is 32.7. The van der Waals surface area contributed by atoms with E-state index in [1.807, 2.05) is 11.3 Å². The third-order valence-corrected chi connectivity index (χ3v) is 11.6. The fourth-order valence-electron chi connectivity index (χ4n) is 7.76. The van der Waals surface area contributed by atoms with E-state index in [4.69, 9.17) is 0 Å². The van der Waals surface area contributed by atoms with Crippen molar-refractivity contribution in [1.29, 1.82) is 0 Å². The summed E-state index contributed by atoms with van der Waals surface area (Å²) in [5.41, 5.74) is 11.3. The van der Waals surface area contributed by atoms with E-state index in [0.717, 1.165) is 34.1 Å². The summed E-state index contributed by atoms with van der Waals surface area (Å²) in [7, 11) is 0. The molecule has 260 valence electrons. The molecule has 9 aromatic carbocycles. The number of hydrogen-bond donors (Lipinski definition) is 0. The molecule has 10 rings (SSSR count). The Balaban J connectivity index is 1.25. The lowest BCUT2D eigenvalue weighted by Crippen LogP contribution is -2.17. The second kappa shape index (κ2) is 14.1. The Morgan fingerprint density at radius 1 is 0.291 bits per heavy atom. The highest BCUT2D eigenvalue weighted by molar-refractivity contribution is 7.26.